The van der Waals surface area contributed by atoms with Crippen molar-refractivity contribution in [3.8, 4) is 17.6 Å². The Morgan fingerprint density at radius 2 is 2.00 bits per heavy atom. The van der Waals surface area contributed by atoms with Crippen molar-refractivity contribution in [2.45, 2.75) is 19.4 Å². The second kappa shape index (κ2) is 6.03. The molecule has 2 aromatic rings. The number of nitrogens with zero attached hydrogens (tertiary/aromatic N) is 1. The molecule has 0 spiro atoms. The van der Waals surface area contributed by atoms with Gasteiger partial charge in [0.1, 0.15) is 11.5 Å². The molecule has 0 radical (unpaired) electrons. The Balaban J connectivity index is 2.30. The van der Waals surface area contributed by atoms with Crippen LogP contribution in [-0.4, -0.2) is 5.11 Å². The zero-order valence-electron chi connectivity index (χ0n) is 10.7. The molecule has 19 heavy (non-hydrogen) atoms. The van der Waals surface area contributed by atoms with Crippen molar-refractivity contribution in [1.82, 2.24) is 0 Å². The number of nitriles is 1. The van der Waals surface area contributed by atoms with Gasteiger partial charge in [0.05, 0.1) is 17.7 Å². The summed E-state index contributed by atoms with van der Waals surface area (Å²) in [5.41, 5.74) is 1.30. The molecule has 0 saturated heterocycles. The minimum Gasteiger partial charge on any atom is -0.457 e. The van der Waals surface area contributed by atoms with Crippen LogP contribution in [0.4, 0.5) is 0 Å². The predicted octanol–water partition coefficient (Wildman–Crippen LogP) is 3.79. The van der Waals surface area contributed by atoms with Crippen molar-refractivity contribution < 1.29 is 9.84 Å². The van der Waals surface area contributed by atoms with E-state index in [-0.39, 0.29) is 0 Å². The highest BCUT2D eigenvalue weighted by Gasteiger charge is 2.11. The van der Waals surface area contributed by atoms with Gasteiger partial charge in [0.15, 0.2) is 0 Å². The lowest BCUT2D eigenvalue weighted by Gasteiger charge is -2.14. The molecule has 1 unspecified atom stereocenters. The molecule has 0 aliphatic rings. The second-order valence-corrected chi connectivity index (χ2v) is 4.20. The highest BCUT2D eigenvalue weighted by atomic mass is 16.5. The van der Waals surface area contributed by atoms with Gasteiger partial charge in [-0.1, -0.05) is 31.2 Å². The summed E-state index contributed by atoms with van der Waals surface area (Å²) in [6.45, 7) is 1.91. The maximum absolute atomic E-state index is 9.96. The van der Waals surface area contributed by atoms with Crippen LogP contribution in [0.2, 0.25) is 0 Å². The van der Waals surface area contributed by atoms with Crippen molar-refractivity contribution in [2.24, 2.45) is 0 Å². The van der Waals surface area contributed by atoms with Crippen molar-refractivity contribution >= 4 is 0 Å². The lowest BCUT2D eigenvalue weighted by atomic mass is 10.1. The van der Waals surface area contributed by atoms with Gasteiger partial charge >= 0.3 is 0 Å². The first kappa shape index (κ1) is 13.1. The van der Waals surface area contributed by atoms with Crippen molar-refractivity contribution in [3.05, 3.63) is 59.7 Å². The molecule has 0 saturated carbocycles. The quantitative estimate of drug-likeness (QED) is 0.901. The Hall–Kier alpha value is -2.31. The van der Waals surface area contributed by atoms with Crippen LogP contribution in [0.5, 0.6) is 11.5 Å². The summed E-state index contributed by atoms with van der Waals surface area (Å²) in [4.78, 5) is 0. The van der Waals surface area contributed by atoms with E-state index in [1.54, 1.807) is 24.3 Å². The third kappa shape index (κ3) is 3.12. The van der Waals surface area contributed by atoms with Gasteiger partial charge in [-0.2, -0.15) is 5.26 Å². The number of benzene rings is 2. The Bertz CT molecular complexity index is 602. The van der Waals surface area contributed by atoms with E-state index in [1.807, 2.05) is 31.2 Å². The highest BCUT2D eigenvalue weighted by Crippen LogP contribution is 2.31. The fourth-order valence-electron chi connectivity index (χ4n) is 1.82. The van der Waals surface area contributed by atoms with Crippen LogP contribution < -0.4 is 4.74 Å². The normalized spacial score (nSPS) is 11.6. The molecule has 0 fully saturated rings. The summed E-state index contributed by atoms with van der Waals surface area (Å²) >= 11 is 0. The number of hydrogen-bond donors (Lipinski definition) is 1. The monoisotopic (exact) mass is 253 g/mol. The average Bonchev–Trinajstić information content (AvgIpc) is 2.47. The van der Waals surface area contributed by atoms with Crippen LogP contribution in [-0.2, 0) is 0 Å². The molecule has 3 heteroatoms. The predicted molar refractivity (Wildman–Crippen MR) is 72.9 cm³/mol. The first-order valence-electron chi connectivity index (χ1n) is 6.19. The maximum Gasteiger partial charge on any atom is 0.133 e. The molecule has 0 aromatic heterocycles. The van der Waals surface area contributed by atoms with E-state index in [1.165, 1.54) is 0 Å². The number of aliphatic hydroxyl groups excluding tert-OH is 1. The molecule has 96 valence electrons. The van der Waals surface area contributed by atoms with Crippen LogP contribution in [0.15, 0.2) is 48.5 Å². The Morgan fingerprint density at radius 1 is 1.21 bits per heavy atom. The summed E-state index contributed by atoms with van der Waals surface area (Å²) in [5.74, 6) is 1.21. The van der Waals surface area contributed by atoms with Gasteiger partial charge in [-0.15, -0.1) is 0 Å². The molecular weight excluding hydrogens is 238 g/mol. The molecule has 2 aromatic carbocycles. The molecule has 0 amide bonds. The topological polar surface area (TPSA) is 53.2 Å². The summed E-state index contributed by atoms with van der Waals surface area (Å²) in [6.07, 6.45) is 0.0776. The summed E-state index contributed by atoms with van der Waals surface area (Å²) in [6, 6.07) is 16.4. The number of hydrogen-bond acceptors (Lipinski definition) is 3. The molecule has 1 atom stereocenters. The van der Waals surface area contributed by atoms with Gasteiger partial charge in [0.25, 0.3) is 0 Å². The molecule has 0 aliphatic heterocycles. The van der Waals surface area contributed by atoms with Gasteiger partial charge in [-0.05, 0) is 30.7 Å². The second-order valence-electron chi connectivity index (χ2n) is 4.20. The smallest absolute Gasteiger partial charge is 0.133 e. The van der Waals surface area contributed by atoms with E-state index >= 15 is 0 Å². The number of para-hydroxylation sites is 1. The van der Waals surface area contributed by atoms with Crippen LogP contribution >= 0.6 is 0 Å². The molecular formula is C16H15NO2. The first-order chi connectivity index (χ1) is 9.24. The zero-order valence-corrected chi connectivity index (χ0v) is 10.7. The summed E-state index contributed by atoms with van der Waals surface area (Å²) < 4.78 is 5.76. The molecule has 2 rings (SSSR count). The number of aliphatic hydroxyl groups is 1. The molecule has 1 N–H and O–H groups in total. The van der Waals surface area contributed by atoms with Crippen LogP contribution in [0.3, 0.4) is 0 Å². The van der Waals surface area contributed by atoms with E-state index in [2.05, 4.69) is 6.07 Å². The number of ether oxygens (including phenoxy) is 1. The van der Waals surface area contributed by atoms with Gasteiger partial charge in [0, 0.05) is 5.56 Å². The molecule has 0 heterocycles. The maximum atomic E-state index is 9.96. The Kier molecular flexibility index (Phi) is 4.17. The standard InChI is InChI=1S/C16H15NO2/c1-2-15(18)14-8-3-4-9-16(14)19-13-7-5-6-12(10-13)11-17/h3-10,15,18H,2H2,1H3. The van der Waals surface area contributed by atoms with Crippen LogP contribution in [0.25, 0.3) is 0 Å². The summed E-state index contributed by atoms with van der Waals surface area (Å²) in [5, 5.41) is 18.8. The minimum atomic E-state index is -0.546. The van der Waals surface area contributed by atoms with E-state index in [0.717, 1.165) is 5.56 Å². The van der Waals surface area contributed by atoms with Gasteiger partial charge < -0.3 is 9.84 Å². The third-order valence-corrected chi connectivity index (χ3v) is 2.86. The molecule has 0 bridgehead atoms. The fourth-order valence-corrected chi connectivity index (χ4v) is 1.82. The van der Waals surface area contributed by atoms with Crippen LogP contribution in [0, 0.1) is 11.3 Å². The Labute approximate surface area is 112 Å². The van der Waals surface area contributed by atoms with Gasteiger partial charge in [-0.3, -0.25) is 0 Å². The molecule has 3 nitrogen and oxygen atoms in total. The molecule has 0 aliphatic carbocycles. The van der Waals surface area contributed by atoms with Crippen molar-refractivity contribution in [1.29, 1.82) is 5.26 Å². The summed E-state index contributed by atoms with van der Waals surface area (Å²) in [7, 11) is 0. The van der Waals surface area contributed by atoms with Gasteiger partial charge in [0.2, 0.25) is 0 Å². The Morgan fingerprint density at radius 3 is 2.74 bits per heavy atom. The highest BCUT2D eigenvalue weighted by molar-refractivity contribution is 5.42. The van der Waals surface area contributed by atoms with E-state index in [9.17, 15) is 5.11 Å². The van der Waals surface area contributed by atoms with E-state index in [4.69, 9.17) is 10.00 Å². The van der Waals surface area contributed by atoms with Gasteiger partial charge in [-0.25, -0.2) is 0 Å². The van der Waals surface area contributed by atoms with Crippen LogP contribution in [0.1, 0.15) is 30.6 Å². The third-order valence-electron chi connectivity index (χ3n) is 2.86. The minimum absolute atomic E-state index is 0.546. The zero-order chi connectivity index (χ0) is 13.7. The lowest BCUT2D eigenvalue weighted by molar-refractivity contribution is 0.170. The van der Waals surface area contributed by atoms with E-state index < -0.39 is 6.10 Å². The van der Waals surface area contributed by atoms with E-state index in [0.29, 0.717) is 23.5 Å². The largest absolute Gasteiger partial charge is 0.457 e. The lowest BCUT2D eigenvalue weighted by Crippen LogP contribution is -1.98. The van der Waals surface area contributed by atoms with Crippen molar-refractivity contribution in [3.63, 3.8) is 0 Å². The fraction of sp³-hybridized carbons (Fsp3) is 0.188. The van der Waals surface area contributed by atoms with Crippen molar-refractivity contribution in [2.75, 3.05) is 0 Å². The number of rotatable bonds is 4. The first-order valence-corrected chi connectivity index (χ1v) is 6.19. The SMILES string of the molecule is CCC(O)c1ccccc1Oc1cccc(C#N)c1. The average molecular weight is 253 g/mol.